The highest BCUT2D eigenvalue weighted by atomic mass is 32.1. The quantitative estimate of drug-likeness (QED) is 0.358. The van der Waals surface area contributed by atoms with E-state index in [1.54, 1.807) is 22.7 Å². The molecule has 0 fully saturated rings. The van der Waals surface area contributed by atoms with Gasteiger partial charge in [0.15, 0.2) is 7.14 Å². The molecule has 0 saturated carbocycles. The predicted octanol–water partition coefficient (Wildman–Crippen LogP) is 5.76. The molecule has 3 aromatic carbocycles. The highest BCUT2D eigenvalue weighted by Crippen LogP contribution is 2.48. The Labute approximate surface area is 159 Å². The number of hydrogen-bond acceptors (Lipinski definition) is 3. The zero-order chi connectivity index (χ0) is 17.6. The molecule has 2 heterocycles. The zero-order valence-corrected chi connectivity index (χ0v) is 16.4. The highest BCUT2D eigenvalue weighted by molar-refractivity contribution is 7.86. The topological polar surface area (TPSA) is 17.1 Å². The van der Waals surface area contributed by atoms with E-state index in [1.807, 2.05) is 60.7 Å². The molecule has 26 heavy (non-hydrogen) atoms. The molecule has 0 unspecified atom stereocenters. The maximum absolute atomic E-state index is 14.9. The van der Waals surface area contributed by atoms with Crippen LogP contribution in [-0.4, -0.2) is 0 Å². The molecule has 0 radical (unpaired) electrons. The molecule has 0 N–H and O–H groups in total. The molecular formula is C22H15OPS2. The largest absolute Gasteiger partial charge is 0.309 e. The molecule has 0 atom stereocenters. The van der Waals surface area contributed by atoms with E-state index in [9.17, 15) is 4.57 Å². The van der Waals surface area contributed by atoms with Gasteiger partial charge in [0.2, 0.25) is 0 Å². The fraction of sp³-hybridized carbons (Fsp3) is 0. The predicted molar refractivity (Wildman–Crippen MR) is 117 cm³/mol. The molecule has 0 amide bonds. The summed E-state index contributed by atoms with van der Waals surface area (Å²) < 4.78 is 17.2. The molecule has 4 heteroatoms. The van der Waals surface area contributed by atoms with Crippen molar-refractivity contribution in [3.8, 4) is 0 Å². The molecule has 0 aliphatic carbocycles. The summed E-state index contributed by atoms with van der Waals surface area (Å²) in [4.78, 5) is 0. The molecule has 5 aromatic rings. The summed E-state index contributed by atoms with van der Waals surface area (Å²) in [7, 11) is -2.98. The highest BCUT2D eigenvalue weighted by Gasteiger charge is 2.33. The molecule has 0 aliphatic rings. The van der Waals surface area contributed by atoms with E-state index in [0.717, 1.165) is 26.0 Å². The van der Waals surface area contributed by atoms with Crippen LogP contribution in [0, 0.1) is 0 Å². The Hall–Kier alpha value is -2.19. The van der Waals surface area contributed by atoms with Crippen molar-refractivity contribution in [3.05, 3.63) is 89.6 Å². The van der Waals surface area contributed by atoms with Crippen LogP contribution in [0.25, 0.3) is 20.2 Å². The summed E-state index contributed by atoms with van der Waals surface area (Å²) in [6, 6.07) is 26.3. The van der Waals surface area contributed by atoms with Gasteiger partial charge in [0.1, 0.15) is 0 Å². The second kappa shape index (κ2) is 6.21. The van der Waals surface area contributed by atoms with E-state index in [0.29, 0.717) is 0 Å². The number of thiophene rings is 2. The van der Waals surface area contributed by atoms with Gasteiger partial charge >= 0.3 is 0 Å². The van der Waals surface area contributed by atoms with Gasteiger partial charge < -0.3 is 4.57 Å². The summed E-state index contributed by atoms with van der Waals surface area (Å²) in [5.41, 5.74) is 0. The van der Waals surface area contributed by atoms with Crippen LogP contribution in [0.1, 0.15) is 0 Å². The van der Waals surface area contributed by atoms with Crippen LogP contribution in [-0.2, 0) is 4.57 Å². The maximum atomic E-state index is 14.9. The van der Waals surface area contributed by atoms with Gasteiger partial charge in [-0.2, -0.15) is 0 Å². The lowest BCUT2D eigenvalue weighted by Crippen LogP contribution is -2.25. The lowest BCUT2D eigenvalue weighted by atomic mass is 10.2. The second-order valence-electron chi connectivity index (χ2n) is 6.18. The lowest BCUT2D eigenvalue weighted by Gasteiger charge is -2.21. The van der Waals surface area contributed by atoms with E-state index < -0.39 is 7.14 Å². The number of benzene rings is 3. The molecule has 0 saturated heterocycles. The fourth-order valence-corrected chi connectivity index (χ4v) is 8.76. The minimum Gasteiger partial charge on any atom is -0.309 e. The lowest BCUT2D eigenvalue weighted by molar-refractivity contribution is 0.593. The van der Waals surface area contributed by atoms with Gasteiger partial charge in [-0.15, -0.1) is 22.7 Å². The molecular weight excluding hydrogens is 375 g/mol. The summed E-state index contributed by atoms with van der Waals surface area (Å²) in [6.07, 6.45) is 0. The first kappa shape index (κ1) is 16.0. The number of rotatable bonds is 3. The first-order chi connectivity index (χ1) is 12.8. The van der Waals surface area contributed by atoms with Gasteiger partial charge in [0.25, 0.3) is 0 Å². The van der Waals surface area contributed by atoms with Crippen molar-refractivity contribution in [1.29, 1.82) is 0 Å². The Morgan fingerprint density at radius 2 is 1.31 bits per heavy atom. The van der Waals surface area contributed by atoms with E-state index in [1.165, 1.54) is 10.1 Å². The van der Waals surface area contributed by atoms with E-state index in [-0.39, 0.29) is 0 Å². The van der Waals surface area contributed by atoms with E-state index in [4.69, 9.17) is 0 Å². The fourth-order valence-electron chi connectivity index (χ4n) is 3.51. The SMILES string of the molecule is O=P(c1ccccc1)(c1ccccc1)c1c2ccsc2cc2ccsc12. The first-order valence-electron chi connectivity index (χ1n) is 8.38. The summed E-state index contributed by atoms with van der Waals surface area (Å²) in [5.74, 6) is 0. The van der Waals surface area contributed by atoms with Crippen LogP contribution in [0.5, 0.6) is 0 Å². The third kappa shape index (κ3) is 2.32. The summed E-state index contributed by atoms with van der Waals surface area (Å²) >= 11 is 3.39. The van der Waals surface area contributed by atoms with Crippen LogP contribution in [0.15, 0.2) is 89.6 Å². The Bertz CT molecular complexity index is 1160. The Morgan fingerprint density at radius 3 is 1.96 bits per heavy atom. The van der Waals surface area contributed by atoms with Crippen molar-refractivity contribution < 1.29 is 4.57 Å². The van der Waals surface area contributed by atoms with Gasteiger partial charge in [-0.25, -0.2) is 0 Å². The minimum atomic E-state index is -2.98. The zero-order valence-electron chi connectivity index (χ0n) is 13.8. The smallest absolute Gasteiger partial charge is 0.173 e. The van der Waals surface area contributed by atoms with Gasteiger partial charge in [-0.3, -0.25) is 0 Å². The summed E-state index contributed by atoms with van der Waals surface area (Å²) in [5, 5.41) is 9.24. The Morgan fingerprint density at radius 1 is 0.692 bits per heavy atom. The third-order valence-electron chi connectivity index (χ3n) is 4.70. The van der Waals surface area contributed by atoms with Crippen LogP contribution in [0.3, 0.4) is 0 Å². The van der Waals surface area contributed by atoms with Crippen LogP contribution < -0.4 is 15.9 Å². The molecule has 2 aromatic heterocycles. The van der Waals surface area contributed by atoms with Gasteiger partial charge in [-0.1, -0.05) is 60.7 Å². The van der Waals surface area contributed by atoms with Crippen molar-refractivity contribution in [2.75, 3.05) is 0 Å². The van der Waals surface area contributed by atoms with E-state index in [2.05, 4.69) is 29.0 Å². The Balaban J connectivity index is 1.98. The number of fused-ring (bicyclic) bond motifs is 2. The molecule has 0 bridgehead atoms. The van der Waals surface area contributed by atoms with E-state index >= 15 is 0 Å². The van der Waals surface area contributed by atoms with Gasteiger partial charge in [-0.05, 0) is 34.3 Å². The monoisotopic (exact) mass is 390 g/mol. The van der Waals surface area contributed by atoms with Crippen LogP contribution >= 0.6 is 29.8 Å². The minimum absolute atomic E-state index is 0.889. The average molecular weight is 390 g/mol. The maximum Gasteiger partial charge on any atom is 0.173 e. The molecule has 126 valence electrons. The van der Waals surface area contributed by atoms with Crippen LogP contribution in [0.4, 0.5) is 0 Å². The van der Waals surface area contributed by atoms with Crippen molar-refractivity contribution in [3.63, 3.8) is 0 Å². The van der Waals surface area contributed by atoms with Gasteiger partial charge in [0, 0.05) is 30.7 Å². The molecule has 0 spiro atoms. The normalized spacial score (nSPS) is 12.0. The number of hydrogen-bond donors (Lipinski definition) is 0. The molecule has 5 rings (SSSR count). The standard InChI is InChI=1S/C22H15OPS2/c23-24(17-7-3-1-4-8-17,18-9-5-2-6-10-18)21-19-12-14-25-20(19)15-16-11-13-26-22(16)21/h1-15H. The summed E-state index contributed by atoms with van der Waals surface area (Å²) in [6.45, 7) is 0. The van der Waals surface area contributed by atoms with Crippen molar-refractivity contribution >= 4 is 65.9 Å². The second-order valence-corrected chi connectivity index (χ2v) is 10.7. The third-order valence-corrected chi connectivity index (χ3v) is 9.81. The Kier molecular flexibility index (Phi) is 3.82. The van der Waals surface area contributed by atoms with Gasteiger partial charge in [0.05, 0.1) is 0 Å². The first-order valence-corrected chi connectivity index (χ1v) is 11.8. The van der Waals surface area contributed by atoms with Crippen molar-refractivity contribution in [2.24, 2.45) is 0 Å². The molecule has 1 nitrogen and oxygen atoms in total. The average Bonchev–Trinajstić information content (AvgIpc) is 3.35. The van der Waals surface area contributed by atoms with Crippen LogP contribution in [0.2, 0.25) is 0 Å². The van der Waals surface area contributed by atoms with Crippen molar-refractivity contribution in [2.45, 2.75) is 0 Å². The van der Waals surface area contributed by atoms with Crippen molar-refractivity contribution in [1.82, 2.24) is 0 Å². The molecule has 0 aliphatic heterocycles.